The molecule has 2 rings (SSSR count). The average molecular weight is 336 g/mol. The van der Waals surface area contributed by atoms with Gasteiger partial charge in [-0.3, -0.25) is 9.59 Å². The number of nitrogens with one attached hydrogen (secondary N) is 1. The fourth-order valence-electron chi connectivity index (χ4n) is 2.03. The number of amides is 2. The van der Waals surface area contributed by atoms with Gasteiger partial charge in [-0.1, -0.05) is 30.3 Å². The zero-order valence-electron chi connectivity index (χ0n) is 12.8. The number of benzene rings is 2. The number of carbonyl (C=O) groups is 2. The van der Waals surface area contributed by atoms with Crippen LogP contribution < -0.4 is 5.32 Å². The Morgan fingerprint density at radius 2 is 1.58 bits per heavy atom. The molecule has 0 saturated heterocycles. The fraction of sp³-hybridized carbons (Fsp3) is 0.176. The lowest BCUT2D eigenvalue weighted by Gasteiger charge is -2.17. The van der Waals surface area contributed by atoms with Gasteiger partial charge < -0.3 is 10.2 Å². The second-order valence-electron chi connectivity index (χ2n) is 5.18. The first-order valence-corrected chi connectivity index (χ1v) is 7.05. The van der Waals surface area contributed by atoms with Crippen molar-refractivity contribution < 1.29 is 22.8 Å². The van der Waals surface area contributed by atoms with E-state index in [2.05, 4.69) is 5.32 Å². The van der Waals surface area contributed by atoms with Gasteiger partial charge in [0.05, 0.1) is 5.56 Å². The van der Waals surface area contributed by atoms with Crippen LogP contribution in [-0.2, 0) is 22.3 Å². The summed E-state index contributed by atoms with van der Waals surface area (Å²) >= 11 is 0. The van der Waals surface area contributed by atoms with Gasteiger partial charge in [0.2, 0.25) is 0 Å². The number of hydrogen-bond donors (Lipinski definition) is 1. The summed E-state index contributed by atoms with van der Waals surface area (Å²) in [7, 11) is 1.47. The van der Waals surface area contributed by atoms with Crippen molar-refractivity contribution in [1.29, 1.82) is 0 Å². The first-order chi connectivity index (χ1) is 11.3. The van der Waals surface area contributed by atoms with Gasteiger partial charge in [0.25, 0.3) is 0 Å². The number of likely N-dealkylation sites (N-methyl/N-ethyl adjacent to an activating group) is 1. The molecule has 7 heteroatoms. The molecule has 2 aromatic carbocycles. The molecular weight excluding hydrogens is 321 g/mol. The zero-order valence-corrected chi connectivity index (χ0v) is 12.8. The fourth-order valence-corrected chi connectivity index (χ4v) is 2.03. The van der Waals surface area contributed by atoms with Gasteiger partial charge in [-0.05, 0) is 29.8 Å². The van der Waals surface area contributed by atoms with E-state index in [1.54, 1.807) is 0 Å². The van der Waals surface area contributed by atoms with Crippen molar-refractivity contribution in [3.05, 3.63) is 65.7 Å². The standard InChI is InChI=1S/C17H15F3N2O2/c1-22(11-12-5-3-2-4-6-12)16(24)15(23)21-14-9-7-13(8-10-14)17(18,19)20/h2-10H,11H2,1H3,(H,21,23). The van der Waals surface area contributed by atoms with E-state index in [0.717, 1.165) is 29.8 Å². The molecule has 0 atom stereocenters. The Labute approximate surface area is 136 Å². The summed E-state index contributed by atoms with van der Waals surface area (Å²) < 4.78 is 37.4. The van der Waals surface area contributed by atoms with E-state index in [0.29, 0.717) is 0 Å². The molecule has 0 aliphatic heterocycles. The smallest absolute Gasteiger partial charge is 0.333 e. The van der Waals surface area contributed by atoms with E-state index in [4.69, 9.17) is 0 Å². The van der Waals surface area contributed by atoms with Crippen LogP contribution in [0.1, 0.15) is 11.1 Å². The van der Waals surface area contributed by atoms with Crippen molar-refractivity contribution in [2.24, 2.45) is 0 Å². The van der Waals surface area contributed by atoms with Crippen LogP contribution in [0.25, 0.3) is 0 Å². The topological polar surface area (TPSA) is 49.4 Å². The van der Waals surface area contributed by atoms with Crippen LogP contribution >= 0.6 is 0 Å². The minimum absolute atomic E-state index is 0.120. The lowest BCUT2D eigenvalue weighted by Crippen LogP contribution is -2.36. The van der Waals surface area contributed by atoms with Crippen LogP contribution in [0.4, 0.5) is 18.9 Å². The Morgan fingerprint density at radius 3 is 2.12 bits per heavy atom. The molecule has 24 heavy (non-hydrogen) atoms. The monoisotopic (exact) mass is 336 g/mol. The second-order valence-corrected chi connectivity index (χ2v) is 5.18. The summed E-state index contributed by atoms with van der Waals surface area (Å²) in [4.78, 5) is 25.1. The third-order valence-corrected chi connectivity index (χ3v) is 3.27. The van der Waals surface area contributed by atoms with Crippen LogP contribution in [0.5, 0.6) is 0 Å². The van der Waals surface area contributed by atoms with Crippen molar-refractivity contribution in [2.45, 2.75) is 12.7 Å². The molecule has 0 aliphatic rings. The summed E-state index contributed by atoms with van der Waals surface area (Å²) in [5, 5.41) is 2.29. The highest BCUT2D eigenvalue weighted by molar-refractivity contribution is 6.39. The Balaban J connectivity index is 1.97. The normalized spacial score (nSPS) is 11.0. The minimum atomic E-state index is -4.45. The summed E-state index contributed by atoms with van der Waals surface area (Å²) in [5.74, 6) is -1.69. The Bertz CT molecular complexity index is 713. The van der Waals surface area contributed by atoms with Gasteiger partial charge in [0.15, 0.2) is 0 Å². The molecule has 126 valence electrons. The van der Waals surface area contributed by atoms with Crippen LogP contribution in [-0.4, -0.2) is 23.8 Å². The lowest BCUT2D eigenvalue weighted by molar-refractivity contribution is -0.142. The van der Waals surface area contributed by atoms with Gasteiger partial charge >= 0.3 is 18.0 Å². The van der Waals surface area contributed by atoms with Gasteiger partial charge in [-0.25, -0.2) is 0 Å². The maximum atomic E-state index is 12.5. The number of alkyl halides is 3. The van der Waals surface area contributed by atoms with Gasteiger partial charge in [0.1, 0.15) is 0 Å². The SMILES string of the molecule is CN(Cc1ccccc1)C(=O)C(=O)Nc1ccc(C(F)(F)F)cc1. The first-order valence-electron chi connectivity index (χ1n) is 7.05. The quantitative estimate of drug-likeness (QED) is 0.875. The highest BCUT2D eigenvalue weighted by Gasteiger charge is 2.30. The Morgan fingerprint density at radius 1 is 1.00 bits per heavy atom. The lowest BCUT2D eigenvalue weighted by atomic mass is 10.2. The molecule has 2 aromatic rings. The maximum absolute atomic E-state index is 12.5. The highest BCUT2D eigenvalue weighted by atomic mass is 19.4. The van der Waals surface area contributed by atoms with E-state index in [9.17, 15) is 22.8 Å². The summed E-state index contributed by atoms with van der Waals surface area (Å²) in [6.07, 6.45) is -4.45. The summed E-state index contributed by atoms with van der Waals surface area (Å²) in [5.41, 5.74) is 0.151. The molecule has 0 fully saturated rings. The third-order valence-electron chi connectivity index (χ3n) is 3.27. The van der Waals surface area contributed by atoms with Crippen molar-refractivity contribution in [3.8, 4) is 0 Å². The number of rotatable bonds is 3. The highest BCUT2D eigenvalue weighted by Crippen LogP contribution is 2.29. The van der Waals surface area contributed by atoms with E-state index >= 15 is 0 Å². The van der Waals surface area contributed by atoms with Crippen LogP contribution in [0, 0.1) is 0 Å². The molecule has 0 saturated carbocycles. The van der Waals surface area contributed by atoms with E-state index in [1.165, 1.54) is 11.9 Å². The number of carbonyl (C=O) groups excluding carboxylic acids is 2. The van der Waals surface area contributed by atoms with Gasteiger partial charge in [-0.2, -0.15) is 13.2 Å². The predicted molar refractivity (Wildman–Crippen MR) is 83.0 cm³/mol. The second kappa shape index (κ2) is 7.16. The molecule has 4 nitrogen and oxygen atoms in total. The summed E-state index contributed by atoms with van der Waals surface area (Å²) in [6, 6.07) is 13.0. The van der Waals surface area contributed by atoms with E-state index < -0.39 is 23.6 Å². The van der Waals surface area contributed by atoms with Gasteiger partial charge in [-0.15, -0.1) is 0 Å². The third kappa shape index (κ3) is 4.58. The molecule has 0 aromatic heterocycles. The van der Waals surface area contributed by atoms with Crippen LogP contribution in [0.15, 0.2) is 54.6 Å². The first kappa shape index (κ1) is 17.5. The Hall–Kier alpha value is -2.83. The van der Waals surface area contributed by atoms with Gasteiger partial charge in [0, 0.05) is 19.3 Å². The molecule has 1 N–H and O–H groups in total. The molecule has 0 spiro atoms. The largest absolute Gasteiger partial charge is 0.416 e. The van der Waals surface area contributed by atoms with E-state index in [-0.39, 0.29) is 12.2 Å². The Kier molecular flexibility index (Phi) is 5.23. The molecule has 0 unspecified atom stereocenters. The summed E-state index contributed by atoms with van der Waals surface area (Å²) in [6.45, 7) is 0.250. The number of anilines is 1. The van der Waals surface area contributed by atoms with Crippen molar-refractivity contribution in [1.82, 2.24) is 4.90 Å². The zero-order chi connectivity index (χ0) is 17.7. The van der Waals surface area contributed by atoms with Crippen molar-refractivity contribution in [3.63, 3.8) is 0 Å². The number of nitrogens with zero attached hydrogens (tertiary/aromatic N) is 1. The maximum Gasteiger partial charge on any atom is 0.416 e. The van der Waals surface area contributed by atoms with Crippen LogP contribution in [0.2, 0.25) is 0 Å². The van der Waals surface area contributed by atoms with Crippen molar-refractivity contribution >= 4 is 17.5 Å². The molecule has 0 heterocycles. The molecule has 0 bridgehead atoms. The number of hydrogen-bond acceptors (Lipinski definition) is 2. The molecule has 0 radical (unpaired) electrons. The minimum Gasteiger partial charge on any atom is -0.333 e. The van der Waals surface area contributed by atoms with E-state index in [1.807, 2.05) is 30.3 Å². The average Bonchev–Trinajstić information content (AvgIpc) is 2.54. The molecular formula is C17H15F3N2O2. The van der Waals surface area contributed by atoms with Crippen LogP contribution in [0.3, 0.4) is 0 Å². The van der Waals surface area contributed by atoms with Crippen molar-refractivity contribution in [2.75, 3.05) is 12.4 Å². The predicted octanol–water partition coefficient (Wildman–Crippen LogP) is 3.30. The molecule has 2 amide bonds. The number of halogens is 3. The molecule has 0 aliphatic carbocycles.